The van der Waals surface area contributed by atoms with E-state index >= 15 is 0 Å². The fraction of sp³-hybridized carbons (Fsp3) is 0.429. The summed E-state index contributed by atoms with van der Waals surface area (Å²) >= 11 is 0. The van der Waals surface area contributed by atoms with Gasteiger partial charge in [-0.15, -0.1) is 0 Å². The van der Waals surface area contributed by atoms with Crippen LogP contribution in [0.5, 0.6) is 0 Å². The van der Waals surface area contributed by atoms with Crippen LogP contribution in [0.2, 0.25) is 0 Å². The molecule has 2 aromatic heterocycles. The summed E-state index contributed by atoms with van der Waals surface area (Å²) in [5.74, 6) is 1.10. The summed E-state index contributed by atoms with van der Waals surface area (Å²) in [5.41, 5.74) is 1.09. The molecule has 0 amide bonds. The third-order valence-corrected chi connectivity index (χ3v) is 2.21. The van der Waals surface area contributed by atoms with Crippen LogP contribution in [-0.2, 0) is 13.1 Å². The molecule has 0 unspecified atom stereocenters. The number of nitrogens with zero attached hydrogens (tertiary/aromatic N) is 4. The first-order chi connectivity index (χ1) is 5.95. The monoisotopic (exact) mass is 163 g/mol. The van der Waals surface area contributed by atoms with Crippen LogP contribution in [0.15, 0.2) is 12.5 Å². The van der Waals surface area contributed by atoms with Crippen LogP contribution in [0, 0.1) is 0 Å². The first-order valence-corrected chi connectivity index (χ1v) is 4.03. The molecule has 0 aromatic carbocycles. The fourth-order valence-corrected chi connectivity index (χ4v) is 1.63. The highest BCUT2D eigenvalue weighted by Crippen LogP contribution is 2.08. The van der Waals surface area contributed by atoms with Gasteiger partial charge in [0.15, 0.2) is 5.65 Å². The lowest BCUT2D eigenvalue weighted by Gasteiger charge is -2.13. The topological polar surface area (TPSA) is 47.2 Å². The Kier molecular flexibility index (Phi) is 1.07. The van der Waals surface area contributed by atoms with E-state index < -0.39 is 0 Å². The molecule has 3 rings (SSSR count). The Hall–Kier alpha value is -1.36. The molecule has 0 bridgehead atoms. The Labute approximate surface area is 69.0 Å². The molecule has 0 spiro atoms. The zero-order chi connectivity index (χ0) is 7.97. The average molecular weight is 163 g/mol. The summed E-state index contributed by atoms with van der Waals surface area (Å²) in [6, 6.07) is 0. The van der Waals surface area contributed by atoms with Gasteiger partial charge in [-0.2, -0.15) is 5.10 Å². The van der Waals surface area contributed by atoms with Crippen molar-refractivity contribution in [2.45, 2.75) is 13.1 Å². The van der Waals surface area contributed by atoms with Gasteiger partial charge in [0.05, 0.1) is 12.7 Å². The largest absolute Gasteiger partial charge is 0.309 e. The molecule has 0 atom stereocenters. The summed E-state index contributed by atoms with van der Waals surface area (Å²) in [7, 11) is 0. The van der Waals surface area contributed by atoms with Crippen molar-refractivity contribution in [3.63, 3.8) is 0 Å². The van der Waals surface area contributed by atoms with Gasteiger partial charge in [-0.3, -0.25) is 0 Å². The van der Waals surface area contributed by atoms with Crippen LogP contribution in [0.4, 0.5) is 0 Å². The smallest absolute Gasteiger partial charge is 0.155 e. The normalized spacial score (nSPS) is 16.7. The number of hydrogen-bond donors (Lipinski definition) is 1. The van der Waals surface area contributed by atoms with Crippen LogP contribution < -0.4 is 5.32 Å². The molecule has 0 aliphatic carbocycles. The van der Waals surface area contributed by atoms with Crippen molar-refractivity contribution in [1.82, 2.24) is 24.5 Å². The zero-order valence-electron chi connectivity index (χ0n) is 6.56. The van der Waals surface area contributed by atoms with Gasteiger partial charge in [0.1, 0.15) is 12.2 Å². The molecule has 0 fully saturated rings. The lowest BCUT2D eigenvalue weighted by atomic mass is 10.4. The minimum absolute atomic E-state index is 0.863. The van der Waals surface area contributed by atoms with Crippen LogP contribution in [0.3, 0.4) is 0 Å². The van der Waals surface area contributed by atoms with Crippen molar-refractivity contribution in [2.24, 2.45) is 0 Å². The van der Waals surface area contributed by atoms with Crippen LogP contribution >= 0.6 is 0 Å². The standard InChI is InChI=1S/C7H9N5/c1-2-11-6(3-8-1)10-12-5-9-4-7(11)12/h4-5,8H,1-3H2. The van der Waals surface area contributed by atoms with Crippen molar-refractivity contribution in [2.75, 3.05) is 6.54 Å². The summed E-state index contributed by atoms with van der Waals surface area (Å²) in [6.07, 6.45) is 3.59. The Balaban J connectivity index is 2.34. The number of rotatable bonds is 0. The van der Waals surface area contributed by atoms with E-state index in [0.717, 1.165) is 31.1 Å². The van der Waals surface area contributed by atoms with E-state index in [1.807, 2.05) is 10.7 Å². The molecule has 2 aromatic rings. The molecular formula is C7H9N5. The Morgan fingerprint density at radius 2 is 2.50 bits per heavy atom. The molecule has 1 N–H and O–H groups in total. The van der Waals surface area contributed by atoms with Crippen molar-refractivity contribution in [3.05, 3.63) is 18.3 Å². The lowest BCUT2D eigenvalue weighted by molar-refractivity contribution is 0.513. The highest BCUT2D eigenvalue weighted by molar-refractivity contribution is 5.36. The lowest BCUT2D eigenvalue weighted by Crippen LogP contribution is -2.28. The van der Waals surface area contributed by atoms with Gasteiger partial charge < -0.3 is 9.88 Å². The molecule has 5 heteroatoms. The minimum Gasteiger partial charge on any atom is -0.309 e. The Morgan fingerprint density at radius 3 is 3.50 bits per heavy atom. The Morgan fingerprint density at radius 1 is 1.50 bits per heavy atom. The van der Waals surface area contributed by atoms with Gasteiger partial charge in [-0.1, -0.05) is 0 Å². The van der Waals surface area contributed by atoms with Crippen molar-refractivity contribution in [3.8, 4) is 0 Å². The molecule has 1 aliphatic rings. The van der Waals surface area contributed by atoms with Crippen LogP contribution in [0.1, 0.15) is 5.82 Å². The fourth-order valence-electron chi connectivity index (χ4n) is 1.63. The second-order valence-corrected chi connectivity index (χ2v) is 2.94. The van der Waals surface area contributed by atoms with Gasteiger partial charge in [0, 0.05) is 13.1 Å². The molecule has 0 saturated heterocycles. The molecule has 3 heterocycles. The molecular weight excluding hydrogens is 154 g/mol. The van der Waals surface area contributed by atoms with Crippen LogP contribution in [-0.4, -0.2) is 25.7 Å². The third-order valence-electron chi connectivity index (χ3n) is 2.21. The van der Waals surface area contributed by atoms with Gasteiger partial charge in [-0.25, -0.2) is 9.50 Å². The second kappa shape index (κ2) is 2.07. The number of aromatic nitrogens is 4. The summed E-state index contributed by atoms with van der Waals surface area (Å²) < 4.78 is 4.02. The van der Waals surface area contributed by atoms with E-state index in [1.165, 1.54) is 0 Å². The molecule has 12 heavy (non-hydrogen) atoms. The zero-order valence-corrected chi connectivity index (χ0v) is 6.56. The van der Waals surface area contributed by atoms with Gasteiger partial charge in [0.2, 0.25) is 0 Å². The summed E-state index contributed by atoms with van der Waals surface area (Å²) in [4.78, 5) is 4.03. The van der Waals surface area contributed by atoms with Crippen molar-refractivity contribution < 1.29 is 0 Å². The van der Waals surface area contributed by atoms with Gasteiger partial charge in [-0.05, 0) is 0 Å². The van der Waals surface area contributed by atoms with E-state index in [1.54, 1.807) is 6.33 Å². The Bertz CT molecular complexity index is 412. The third kappa shape index (κ3) is 0.660. The molecule has 1 aliphatic heterocycles. The number of hydrogen-bond acceptors (Lipinski definition) is 3. The highest BCUT2D eigenvalue weighted by Gasteiger charge is 2.13. The average Bonchev–Trinajstić information content (AvgIpc) is 2.62. The second-order valence-electron chi connectivity index (χ2n) is 2.94. The predicted octanol–water partition coefficient (Wildman–Crippen LogP) is -0.366. The van der Waals surface area contributed by atoms with E-state index in [4.69, 9.17) is 0 Å². The minimum atomic E-state index is 0.863. The molecule has 0 saturated carbocycles. The van der Waals surface area contributed by atoms with Gasteiger partial charge in [0.25, 0.3) is 0 Å². The van der Waals surface area contributed by atoms with E-state index in [2.05, 4.69) is 20.0 Å². The summed E-state index contributed by atoms with van der Waals surface area (Å²) in [6.45, 7) is 2.87. The maximum Gasteiger partial charge on any atom is 0.155 e. The quantitative estimate of drug-likeness (QED) is 0.576. The number of nitrogens with one attached hydrogen (secondary N) is 1. The van der Waals surface area contributed by atoms with E-state index in [-0.39, 0.29) is 0 Å². The maximum atomic E-state index is 4.37. The molecule has 5 nitrogen and oxygen atoms in total. The molecule has 0 radical (unpaired) electrons. The SMILES string of the molecule is c1ncn2nc3n(c12)CCNC3. The first-order valence-electron chi connectivity index (χ1n) is 4.03. The predicted molar refractivity (Wildman–Crippen MR) is 42.7 cm³/mol. The van der Waals surface area contributed by atoms with Crippen molar-refractivity contribution in [1.29, 1.82) is 0 Å². The maximum absolute atomic E-state index is 4.37. The molecule has 62 valence electrons. The van der Waals surface area contributed by atoms with Gasteiger partial charge >= 0.3 is 0 Å². The highest BCUT2D eigenvalue weighted by atomic mass is 15.4. The summed E-state index contributed by atoms with van der Waals surface area (Å²) in [5, 5.41) is 7.64. The van der Waals surface area contributed by atoms with Crippen molar-refractivity contribution >= 4 is 5.65 Å². The van der Waals surface area contributed by atoms with E-state index in [0.29, 0.717) is 0 Å². The van der Waals surface area contributed by atoms with E-state index in [9.17, 15) is 0 Å². The first kappa shape index (κ1) is 6.19. The number of fused-ring (bicyclic) bond motifs is 3. The van der Waals surface area contributed by atoms with Crippen LogP contribution in [0.25, 0.3) is 5.65 Å². The number of imidazole rings is 1.